The van der Waals surface area contributed by atoms with E-state index in [0.29, 0.717) is 5.54 Å². The smallest absolute Gasteiger partial charge is 0.0594 e. The Morgan fingerprint density at radius 3 is 2.55 bits per heavy atom. The highest BCUT2D eigenvalue weighted by Gasteiger charge is 2.39. The van der Waals surface area contributed by atoms with Crippen LogP contribution in [-0.4, -0.2) is 49.8 Å². The van der Waals surface area contributed by atoms with E-state index in [9.17, 15) is 0 Å². The van der Waals surface area contributed by atoms with E-state index in [1.807, 2.05) is 0 Å². The summed E-state index contributed by atoms with van der Waals surface area (Å²) in [6.07, 6.45) is 14.8. The minimum atomic E-state index is 0.426. The highest BCUT2D eigenvalue weighted by atomic mass is 16.5. The van der Waals surface area contributed by atoms with Gasteiger partial charge in [-0.2, -0.15) is 0 Å². The van der Waals surface area contributed by atoms with Gasteiger partial charge in [-0.3, -0.25) is 4.90 Å². The Kier molecular flexibility index (Phi) is 4.57. The van der Waals surface area contributed by atoms with Crippen LogP contribution >= 0.6 is 0 Å². The fourth-order valence-electron chi connectivity index (χ4n) is 5.47. The summed E-state index contributed by atoms with van der Waals surface area (Å²) in [6.45, 7) is 6.57. The van der Waals surface area contributed by atoms with Crippen molar-refractivity contribution in [2.24, 2.45) is 17.8 Å². The Morgan fingerprint density at radius 1 is 1.05 bits per heavy atom. The molecule has 3 atom stereocenters. The van der Waals surface area contributed by atoms with E-state index in [4.69, 9.17) is 4.74 Å². The molecule has 2 saturated carbocycles. The number of rotatable bonds is 5. The first kappa shape index (κ1) is 15.2. The maximum absolute atomic E-state index is 5.59. The summed E-state index contributed by atoms with van der Waals surface area (Å²) in [6, 6.07) is 0. The summed E-state index contributed by atoms with van der Waals surface area (Å²) in [4.78, 5) is 2.75. The van der Waals surface area contributed by atoms with Crippen molar-refractivity contribution in [2.45, 2.75) is 50.5 Å². The predicted octanol–water partition coefficient (Wildman–Crippen LogP) is 2.82. The lowest BCUT2D eigenvalue weighted by atomic mass is 9.79. The Bertz CT molecular complexity index is 396. The first-order valence-electron chi connectivity index (χ1n) is 9.58. The SMILES string of the molecule is C1=CC2CC1CC2CNCC1(N2CCOCC2)CCCCC1. The molecular formula is C19H32N2O. The number of morpholine rings is 1. The number of allylic oxidation sites excluding steroid dienone is 2. The molecule has 0 aromatic heterocycles. The van der Waals surface area contributed by atoms with Crippen molar-refractivity contribution >= 4 is 0 Å². The second kappa shape index (κ2) is 6.62. The van der Waals surface area contributed by atoms with Crippen molar-refractivity contribution in [1.82, 2.24) is 10.2 Å². The van der Waals surface area contributed by atoms with E-state index in [1.54, 1.807) is 0 Å². The molecule has 3 nitrogen and oxygen atoms in total. The van der Waals surface area contributed by atoms with Gasteiger partial charge in [0.1, 0.15) is 0 Å². The summed E-state index contributed by atoms with van der Waals surface area (Å²) >= 11 is 0. The van der Waals surface area contributed by atoms with Crippen LogP contribution in [0.25, 0.3) is 0 Å². The maximum Gasteiger partial charge on any atom is 0.0594 e. The van der Waals surface area contributed by atoms with Crippen LogP contribution < -0.4 is 5.32 Å². The van der Waals surface area contributed by atoms with Crippen molar-refractivity contribution in [2.75, 3.05) is 39.4 Å². The highest BCUT2D eigenvalue weighted by molar-refractivity contribution is 5.10. The van der Waals surface area contributed by atoms with E-state index in [-0.39, 0.29) is 0 Å². The molecule has 4 rings (SSSR count). The van der Waals surface area contributed by atoms with E-state index in [0.717, 1.165) is 44.1 Å². The van der Waals surface area contributed by atoms with Gasteiger partial charge in [-0.15, -0.1) is 0 Å². The molecule has 1 saturated heterocycles. The lowest BCUT2D eigenvalue weighted by Crippen LogP contribution is -2.59. The van der Waals surface area contributed by atoms with Gasteiger partial charge < -0.3 is 10.1 Å². The maximum atomic E-state index is 5.59. The molecule has 0 radical (unpaired) electrons. The third kappa shape index (κ3) is 3.00. The van der Waals surface area contributed by atoms with Crippen LogP contribution in [-0.2, 0) is 4.74 Å². The van der Waals surface area contributed by atoms with Crippen molar-refractivity contribution in [3.05, 3.63) is 12.2 Å². The molecule has 0 aromatic carbocycles. The third-order valence-corrected chi connectivity index (χ3v) is 6.74. The third-order valence-electron chi connectivity index (χ3n) is 6.74. The van der Waals surface area contributed by atoms with Crippen LogP contribution in [0.15, 0.2) is 12.2 Å². The van der Waals surface area contributed by atoms with Crippen LogP contribution in [0, 0.1) is 17.8 Å². The molecule has 2 bridgehead atoms. The monoisotopic (exact) mass is 304 g/mol. The number of ether oxygens (including phenoxy) is 1. The molecule has 1 N–H and O–H groups in total. The zero-order valence-corrected chi connectivity index (χ0v) is 13.9. The molecular weight excluding hydrogens is 272 g/mol. The molecule has 1 aliphatic heterocycles. The molecule has 4 aliphatic rings. The van der Waals surface area contributed by atoms with Gasteiger partial charge in [0.15, 0.2) is 0 Å². The molecule has 1 heterocycles. The Labute approximate surface area is 135 Å². The first-order valence-corrected chi connectivity index (χ1v) is 9.58. The van der Waals surface area contributed by atoms with Crippen LogP contribution in [0.1, 0.15) is 44.9 Å². The van der Waals surface area contributed by atoms with Crippen molar-refractivity contribution in [1.29, 1.82) is 0 Å². The van der Waals surface area contributed by atoms with Crippen molar-refractivity contribution in [3.8, 4) is 0 Å². The fraction of sp³-hybridized carbons (Fsp3) is 0.895. The second-order valence-corrected chi connectivity index (χ2v) is 8.06. The van der Waals surface area contributed by atoms with E-state index >= 15 is 0 Å². The predicted molar refractivity (Wildman–Crippen MR) is 89.9 cm³/mol. The molecule has 3 unspecified atom stereocenters. The number of nitrogens with zero attached hydrogens (tertiary/aromatic N) is 1. The van der Waals surface area contributed by atoms with E-state index < -0.39 is 0 Å². The molecule has 3 fully saturated rings. The van der Waals surface area contributed by atoms with E-state index in [1.165, 1.54) is 58.0 Å². The van der Waals surface area contributed by atoms with Gasteiger partial charge in [-0.25, -0.2) is 0 Å². The molecule has 3 heteroatoms. The average Bonchev–Trinajstić information content (AvgIpc) is 3.20. The number of nitrogens with one attached hydrogen (secondary N) is 1. The fourth-order valence-corrected chi connectivity index (χ4v) is 5.47. The van der Waals surface area contributed by atoms with Crippen molar-refractivity contribution in [3.63, 3.8) is 0 Å². The molecule has 3 aliphatic carbocycles. The Balaban J connectivity index is 1.33. The standard InChI is InChI=1S/C19H32N2O/c1-2-6-19(7-3-1,21-8-10-22-11-9-21)15-20-14-18-13-16-4-5-17(18)12-16/h4-5,16-18,20H,1-3,6-15H2. The molecule has 22 heavy (non-hydrogen) atoms. The normalized spacial score (nSPS) is 37.7. The molecule has 0 spiro atoms. The van der Waals surface area contributed by atoms with E-state index in [2.05, 4.69) is 22.4 Å². The second-order valence-electron chi connectivity index (χ2n) is 8.06. The lowest BCUT2D eigenvalue weighted by molar-refractivity contribution is -0.0371. The minimum absolute atomic E-state index is 0.426. The van der Waals surface area contributed by atoms with Crippen LogP contribution in [0.5, 0.6) is 0 Å². The van der Waals surface area contributed by atoms with Crippen LogP contribution in [0.2, 0.25) is 0 Å². The van der Waals surface area contributed by atoms with Crippen molar-refractivity contribution < 1.29 is 4.74 Å². The highest BCUT2D eigenvalue weighted by Crippen LogP contribution is 2.43. The number of hydrogen-bond donors (Lipinski definition) is 1. The summed E-state index contributed by atoms with van der Waals surface area (Å²) in [7, 11) is 0. The number of hydrogen-bond acceptors (Lipinski definition) is 3. The quantitative estimate of drug-likeness (QED) is 0.791. The van der Waals surface area contributed by atoms with Gasteiger partial charge in [-0.1, -0.05) is 31.4 Å². The van der Waals surface area contributed by atoms with Gasteiger partial charge in [0.2, 0.25) is 0 Å². The first-order chi connectivity index (χ1) is 10.9. The zero-order valence-electron chi connectivity index (χ0n) is 13.9. The Morgan fingerprint density at radius 2 is 1.86 bits per heavy atom. The van der Waals surface area contributed by atoms with Crippen LogP contribution in [0.4, 0.5) is 0 Å². The lowest BCUT2D eigenvalue weighted by Gasteiger charge is -2.48. The zero-order chi connectivity index (χ0) is 14.8. The van der Waals surface area contributed by atoms with Gasteiger partial charge in [0, 0.05) is 25.2 Å². The van der Waals surface area contributed by atoms with Crippen LogP contribution in [0.3, 0.4) is 0 Å². The van der Waals surface area contributed by atoms with Gasteiger partial charge in [0.05, 0.1) is 13.2 Å². The summed E-state index contributed by atoms with van der Waals surface area (Å²) < 4.78 is 5.59. The Hall–Kier alpha value is -0.380. The van der Waals surface area contributed by atoms with Gasteiger partial charge in [-0.05, 0) is 50.0 Å². The van der Waals surface area contributed by atoms with Gasteiger partial charge in [0.25, 0.3) is 0 Å². The average molecular weight is 304 g/mol. The summed E-state index contributed by atoms with van der Waals surface area (Å²) in [5, 5.41) is 3.90. The molecule has 124 valence electrons. The number of fused-ring (bicyclic) bond motifs is 2. The largest absolute Gasteiger partial charge is 0.379 e. The summed E-state index contributed by atoms with van der Waals surface area (Å²) in [5.74, 6) is 2.68. The summed E-state index contributed by atoms with van der Waals surface area (Å²) in [5.41, 5.74) is 0.426. The van der Waals surface area contributed by atoms with Gasteiger partial charge >= 0.3 is 0 Å². The molecule has 0 amide bonds. The topological polar surface area (TPSA) is 24.5 Å². The minimum Gasteiger partial charge on any atom is -0.379 e. The molecule has 0 aromatic rings.